The summed E-state index contributed by atoms with van der Waals surface area (Å²) in [5.74, 6) is -0.0592. The minimum absolute atomic E-state index is 0.129. The summed E-state index contributed by atoms with van der Waals surface area (Å²) in [5.41, 5.74) is 2.40. The highest BCUT2D eigenvalue weighted by atomic mass is 35.5. The van der Waals surface area contributed by atoms with E-state index in [0.717, 1.165) is 36.8 Å². The monoisotopic (exact) mass is 552 g/mol. The van der Waals surface area contributed by atoms with E-state index in [0.29, 0.717) is 22.8 Å². The van der Waals surface area contributed by atoms with Gasteiger partial charge in [-0.3, -0.25) is 9.59 Å². The zero-order valence-electron chi connectivity index (χ0n) is 21.5. The van der Waals surface area contributed by atoms with E-state index >= 15 is 0 Å². The standard InChI is InChI=1S/C31H34ClFN2O2S/c32-26-14-9-12-24(18-26)20-35(30(36)22-38-21-25-13-7-8-17-28(25)33)29(19-23-10-3-1-4-11-23)31(37)34-27-15-5-2-6-16-27/h1,3-4,7-14,17-18,27,29H,2,5-6,15-16,19-22H2,(H,34,37). The first-order chi connectivity index (χ1) is 18.5. The lowest BCUT2D eigenvalue weighted by molar-refractivity contribution is -0.139. The van der Waals surface area contributed by atoms with Crippen LogP contribution in [0.3, 0.4) is 0 Å². The molecule has 1 aliphatic rings. The molecule has 1 unspecified atom stereocenters. The van der Waals surface area contributed by atoms with Crippen LogP contribution in [-0.4, -0.2) is 34.6 Å². The summed E-state index contributed by atoms with van der Waals surface area (Å²) < 4.78 is 14.1. The Balaban J connectivity index is 1.57. The third-order valence-corrected chi connectivity index (χ3v) is 8.11. The van der Waals surface area contributed by atoms with Crippen molar-refractivity contribution in [2.45, 2.75) is 62.9 Å². The number of amides is 2. The van der Waals surface area contributed by atoms with Crippen molar-refractivity contribution in [2.75, 3.05) is 5.75 Å². The number of hydrogen-bond acceptors (Lipinski definition) is 3. The molecule has 4 nitrogen and oxygen atoms in total. The molecule has 200 valence electrons. The van der Waals surface area contributed by atoms with Gasteiger partial charge in [0.15, 0.2) is 0 Å². The molecule has 0 spiro atoms. The number of nitrogens with one attached hydrogen (secondary N) is 1. The van der Waals surface area contributed by atoms with Crippen molar-refractivity contribution < 1.29 is 14.0 Å². The Bertz CT molecular complexity index is 1200. The van der Waals surface area contributed by atoms with E-state index in [1.807, 2.05) is 48.5 Å². The first kappa shape index (κ1) is 28.2. The highest BCUT2D eigenvalue weighted by Gasteiger charge is 2.32. The van der Waals surface area contributed by atoms with Crippen LogP contribution >= 0.6 is 23.4 Å². The Kier molecular flexibility index (Phi) is 10.6. The number of thioether (sulfide) groups is 1. The van der Waals surface area contributed by atoms with Gasteiger partial charge >= 0.3 is 0 Å². The first-order valence-corrected chi connectivity index (χ1v) is 14.7. The lowest BCUT2D eigenvalue weighted by atomic mass is 9.94. The summed E-state index contributed by atoms with van der Waals surface area (Å²) in [6, 6.07) is 23.2. The molecule has 4 rings (SSSR count). The minimum Gasteiger partial charge on any atom is -0.352 e. The van der Waals surface area contributed by atoms with Gasteiger partial charge in [-0.25, -0.2) is 4.39 Å². The maximum absolute atomic E-state index is 14.1. The zero-order chi connectivity index (χ0) is 26.7. The van der Waals surface area contributed by atoms with Gasteiger partial charge in [-0.05, 0) is 47.7 Å². The highest BCUT2D eigenvalue weighted by Crippen LogP contribution is 2.22. The van der Waals surface area contributed by atoms with E-state index < -0.39 is 6.04 Å². The van der Waals surface area contributed by atoms with Crippen LogP contribution in [0, 0.1) is 5.82 Å². The van der Waals surface area contributed by atoms with E-state index in [2.05, 4.69) is 5.32 Å². The van der Waals surface area contributed by atoms with Crippen LogP contribution in [0.25, 0.3) is 0 Å². The van der Waals surface area contributed by atoms with Gasteiger partial charge in [-0.15, -0.1) is 11.8 Å². The van der Waals surface area contributed by atoms with Gasteiger partial charge in [0.1, 0.15) is 11.9 Å². The molecule has 3 aromatic rings. The smallest absolute Gasteiger partial charge is 0.243 e. The number of nitrogens with zero attached hydrogens (tertiary/aromatic N) is 1. The molecule has 3 aromatic carbocycles. The Morgan fingerprint density at radius 3 is 2.39 bits per heavy atom. The highest BCUT2D eigenvalue weighted by molar-refractivity contribution is 7.99. The molecule has 1 fully saturated rings. The summed E-state index contributed by atoms with van der Waals surface area (Å²) in [4.78, 5) is 29.2. The van der Waals surface area contributed by atoms with Crippen LogP contribution in [0.15, 0.2) is 78.9 Å². The maximum Gasteiger partial charge on any atom is 0.243 e. The van der Waals surface area contributed by atoms with Crippen LogP contribution in [0.1, 0.15) is 48.8 Å². The van der Waals surface area contributed by atoms with Crippen LogP contribution in [0.2, 0.25) is 5.02 Å². The van der Waals surface area contributed by atoms with Crippen LogP contribution in [-0.2, 0) is 28.3 Å². The number of rotatable bonds is 11. The number of carbonyl (C=O) groups excluding carboxylic acids is 2. The number of halogens is 2. The Hall–Kier alpha value is -2.83. The molecule has 1 aliphatic carbocycles. The van der Waals surface area contributed by atoms with Crippen LogP contribution in [0.5, 0.6) is 0 Å². The van der Waals surface area contributed by atoms with Gasteiger partial charge in [-0.1, -0.05) is 91.5 Å². The van der Waals surface area contributed by atoms with E-state index in [1.165, 1.54) is 24.2 Å². The molecular formula is C31H34ClFN2O2S. The molecule has 0 radical (unpaired) electrons. The topological polar surface area (TPSA) is 49.4 Å². The minimum atomic E-state index is -0.681. The van der Waals surface area contributed by atoms with Gasteiger partial charge in [0.05, 0.1) is 5.75 Å². The second-order valence-electron chi connectivity index (χ2n) is 9.78. The molecule has 1 saturated carbocycles. The van der Waals surface area contributed by atoms with Crippen molar-refractivity contribution in [3.63, 3.8) is 0 Å². The van der Waals surface area contributed by atoms with E-state index in [9.17, 15) is 14.0 Å². The van der Waals surface area contributed by atoms with Gasteiger partial charge in [0.25, 0.3) is 0 Å². The Morgan fingerprint density at radius 2 is 1.66 bits per heavy atom. The van der Waals surface area contributed by atoms with E-state index in [1.54, 1.807) is 29.2 Å². The lowest BCUT2D eigenvalue weighted by Crippen LogP contribution is -2.53. The molecule has 7 heteroatoms. The average Bonchev–Trinajstić information content (AvgIpc) is 2.93. The molecular weight excluding hydrogens is 519 g/mol. The number of carbonyl (C=O) groups is 2. The third kappa shape index (κ3) is 8.34. The normalized spacial score (nSPS) is 14.6. The summed E-state index contributed by atoms with van der Waals surface area (Å²) >= 11 is 7.61. The van der Waals surface area contributed by atoms with Gasteiger partial charge in [0.2, 0.25) is 11.8 Å². The summed E-state index contributed by atoms with van der Waals surface area (Å²) in [5, 5.41) is 3.82. The number of hydrogen-bond donors (Lipinski definition) is 1. The molecule has 1 atom stereocenters. The molecule has 0 heterocycles. The van der Waals surface area contributed by atoms with Crippen molar-refractivity contribution >= 4 is 35.2 Å². The second kappa shape index (κ2) is 14.4. The number of benzene rings is 3. The maximum atomic E-state index is 14.1. The molecule has 2 amide bonds. The lowest BCUT2D eigenvalue weighted by Gasteiger charge is -2.33. The van der Waals surface area contributed by atoms with Crippen molar-refractivity contribution in [3.8, 4) is 0 Å². The molecule has 1 N–H and O–H groups in total. The van der Waals surface area contributed by atoms with Crippen molar-refractivity contribution in [3.05, 3.63) is 106 Å². The van der Waals surface area contributed by atoms with Gasteiger partial charge in [-0.2, -0.15) is 0 Å². The SMILES string of the molecule is O=C(NC1CCCCC1)C(Cc1ccccc1)N(Cc1cccc(Cl)c1)C(=O)CSCc1ccccc1F. The first-order valence-electron chi connectivity index (χ1n) is 13.2. The quantitative estimate of drug-likeness (QED) is 0.284. The van der Waals surface area contributed by atoms with Crippen molar-refractivity contribution in [1.29, 1.82) is 0 Å². The predicted octanol–water partition coefficient (Wildman–Crippen LogP) is 6.80. The van der Waals surface area contributed by atoms with Gasteiger partial charge < -0.3 is 10.2 Å². The summed E-state index contributed by atoms with van der Waals surface area (Å²) in [6.07, 6.45) is 5.73. The van der Waals surface area contributed by atoms with E-state index in [4.69, 9.17) is 11.6 Å². The second-order valence-corrected chi connectivity index (χ2v) is 11.2. The Morgan fingerprint density at radius 1 is 0.947 bits per heavy atom. The van der Waals surface area contributed by atoms with Crippen LogP contribution in [0.4, 0.5) is 4.39 Å². The summed E-state index contributed by atoms with van der Waals surface area (Å²) in [7, 11) is 0. The molecule has 0 saturated heterocycles. The van der Waals surface area contributed by atoms with Crippen molar-refractivity contribution in [2.24, 2.45) is 0 Å². The summed E-state index contributed by atoms with van der Waals surface area (Å²) in [6.45, 7) is 0.259. The Labute approximate surface area is 234 Å². The predicted molar refractivity (Wildman–Crippen MR) is 154 cm³/mol. The zero-order valence-corrected chi connectivity index (χ0v) is 23.0. The molecule has 0 bridgehead atoms. The third-order valence-electron chi connectivity index (χ3n) is 6.91. The fourth-order valence-corrected chi connectivity index (χ4v) is 5.99. The molecule has 38 heavy (non-hydrogen) atoms. The average molecular weight is 553 g/mol. The fraction of sp³-hybridized carbons (Fsp3) is 0.355. The largest absolute Gasteiger partial charge is 0.352 e. The molecule has 0 aliphatic heterocycles. The van der Waals surface area contributed by atoms with Gasteiger partial charge in [0, 0.05) is 29.8 Å². The molecule has 0 aromatic heterocycles. The fourth-order valence-electron chi connectivity index (χ4n) is 4.88. The van der Waals surface area contributed by atoms with E-state index in [-0.39, 0.29) is 36.0 Å². The van der Waals surface area contributed by atoms with Crippen molar-refractivity contribution in [1.82, 2.24) is 10.2 Å². The van der Waals surface area contributed by atoms with Crippen LogP contribution < -0.4 is 5.32 Å².